The van der Waals surface area contributed by atoms with Gasteiger partial charge in [0.25, 0.3) is 0 Å². The average molecular weight is 337 g/mol. The highest BCUT2D eigenvalue weighted by molar-refractivity contribution is 7.13. The van der Waals surface area contributed by atoms with Gasteiger partial charge in [0.05, 0.1) is 22.3 Å². The molecule has 1 N–H and O–H groups in total. The molecule has 2 aromatic rings. The lowest BCUT2D eigenvalue weighted by atomic mass is 9.92. The molecule has 2 atom stereocenters. The lowest BCUT2D eigenvalue weighted by Gasteiger charge is -2.19. The lowest BCUT2D eigenvalue weighted by molar-refractivity contribution is -0.150. The first-order valence-electron chi connectivity index (χ1n) is 7.22. The summed E-state index contributed by atoms with van der Waals surface area (Å²) in [6.45, 7) is 3.93. The Morgan fingerprint density at radius 2 is 2.27 bits per heavy atom. The Balaban J connectivity index is 1.80. The van der Waals surface area contributed by atoms with Gasteiger partial charge in [-0.15, -0.1) is 11.3 Å². The van der Waals surface area contributed by atoms with Crippen molar-refractivity contribution in [3.8, 4) is 0 Å². The molecule has 0 spiro atoms. The number of nitrogens with one attached hydrogen (secondary N) is 1. The minimum atomic E-state index is -0.630. The van der Waals surface area contributed by atoms with Crippen molar-refractivity contribution in [3.05, 3.63) is 40.4 Å². The Hall–Kier alpha value is -1.59. The Morgan fingerprint density at radius 3 is 2.95 bits per heavy atom. The summed E-state index contributed by atoms with van der Waals surface area (Å²) in [6, 6.07) is 7.51. The molecular formula is C16H17ClN2O2S. The summed E-state index contributed by atoms with van der Waals surface area (Å²) in [4.78, 5) is 16.4. The molecular weight excluding hydrogens is 320 g/mol. The van der Waals surface area contributed by atoms with E-state index in [0.29, 0.717) is 11.4 Å². The van der Waals surface area contributed by atoms with Gasteiger partial charge < -0.3 is 10.1 Å². The third-order valence-corrected chi connectivity index (χ3v) is 5.04. The number of para-hydroxylation sites is 1. The van der Waals surface area contributed by atoms with Gasteiger partial charge in [-0.1, -0.05) is 30.7 Å². The molecule has 22 heavy (non-hydrogen) atoms. The summed E-state index contributed by atoms with van der Waals surface area (Å²) in [5, 5.41) is 6.52. The largest absolute Gasteiger partial charge is 0.453 e. The van der Waals surface area contributed by atoms with E-state index in [0.717, 1.165) is 22.9 Å². The van der Waals surface area contributed by atoms with Crippen LogP contribution < -0.4 is 5.32 Å². The zero-order valence-corrected chi connectivity index (χ0v) is 14.0. The molecule has 1 aromatic heterocycles. The molecule has 116 valence electrons. The molecule has 3 rings (SSSR count). The molecule has 0 radical (unpaired) electrons. The van der Waals surface area contributed by atoms with Crippen molar-refractivity contribution in [1.29, 1.82) is 0 Å². The van der Waals surface area contributed by atoms with Crippen LogP contribution in [0.1, 0.15) is 32.4 Å². The number of ether oxygens (including phenoxy) is 1. The predicted molar refractivity (Wildman–Crippen MR) is 88.7 cm³/mol. The molecule has 0 saturated carbocycles. The Morgan fingerprint density at radius 1 is 1.50 bits per heavy atom. The van der Waals surface area contributed by atoms with E-state index in [9.17, 15) is 4.79 Å². The van der Waals surface area contributed by atoms with Gasteiger partial charge in [0.2, 0.25) is 0 Å². The topological polar surface area (TPSA) is 51.2 Å². The van der Waals surface area contributed by atoms with Crippen LogP contribution in [0.3, 0.4) is 0 Å². The molecule has 4 nitrogen and oxygen atoms in total. The van der Waals surface area contributed by atoms with Gasteiger partial charge in [0.1, 0.15) is 0 Å². The van der Waals surface area contributed by atoms with Gasteiger partial charge in [0.15, 0.2) is 10.7 Å². The van der Waals surface area contributed by atoms with Crippen LogP contribution in [0, 0.1) is 5.92 Å². The predicted octanol–water partition coefficient (Wildman–Crippen LogP) is 4.73. The third-order valence-electron chi connectivity index (χ3n) is 3.95. The smallest absolute Gasteiger partial charge is 0.310 e. The first-order chi connectivity index (χ1) is 10.5. The Labute approximate surface area is 138 Å². The van der Waals surface area contributed by atoms with E-state index in [4.69, 9.17) is 16.3 Å². The number of hydrogen-bond acceptors (Lipinski definition) is 5. The standard InChI is InChI=1S/C16H17ClN2O2S/c1-3-10-8-16(2,21-14(10)20)13-9-22-15(19-13)18-12-7-5-4-6-11(12)17/h4-7,9-10H,3,8H2,1-2H3,(H,18,19)/t10-,16+/m0/s1. The summed E-state index contributed by atoms with van der Waals surface area (Å²) < 4.78 is 5.58. The number of hydrogen-bond donors (Lipinski definition) is 1. The molecule has 2 heterocycles. The third kappa shape index (κ3) is 2.83. The number of cyclic esters (lactones) is 1. The Kier molecular flexibility index (Phi) is 4.10. The van der Waals surface area contributed by atoms with E-state index in [1.165, 1.54) is 11.3 Å². The fourth-order valence-electron chi connectivity index (χ4n) is 2.62. The number of rotatable bonds is 4. The molecule has 1 aromatic carbocycles. The van der Waals surface area contributed by atoms with Crippen molar-refractivity contribution in [2.75, 3.05) is 5.32 Å². The normalized spacial score (nSPS) is 24.3. The maximum atomic E-state index is 11.9. The van der Waals surface area contributed by atoms with Gasteiger partial charge in [-0.05, 0) is 25.5 Å². The molecule has 1 aliphatic rings. The molecule has 0 unspecified atom stereocenters. The lowest BCUT2D eigenvalue weighted by Crippen LogP contribution is -2.21. The number of esters is 1. The maximum absolute atomic E-state index is 11.9. The zero-order valence-electron chi connectivity index (χ0n) is 12.4. The zero-order chi connectivity index (χ0) is 15.7. The van der Waals surface area contributed by atoms with Crippen LogP contribution in [0.5, 0.6) is 0 Å². The molecule has 1 saturated heterocycles. The van der Waals surface area contributed by atoms with E-state index < -0.39 is 5.60 Å². The van der Waals surface area contributed by atoms with Crippen LogP contribution in [0.2, 0.25) is 5.02 Å². The molecule has 1 fully saturated rings. The van der Waals surface area contributed by atoms with Crippen LogP contribution in [0.25, 0.3) is 0 Å². The Bertz CT molecular complexity index is 703. The van der Waals surface area contributed by atoms with E-state index in [1.54, 1.807) is 0 Å². The van der Waals surface area contributed by atoms with Crippen molar-refractivity contribution in [2.24, 2.45) is 5.92 Å². The molecule has 0 amide bonds. The second-order valence-corrected chi connectivity index (χ2v) is 6.87. The molecule has 0 aliphatic carbocycles. The summed E-state index contributed by atoms with van der Waals surface area (Å²) in [5.74, 6) is -0.162. The first-order valence-corrected chi connectivity index (χ1v) is 8.48. The number of aromatic nitrogens is 1. The van der Waals surface area contributed by atoms with Crippen molar-refractivity contribution < 1.29 is 9.53 Å². The van der Waals surface area contributed by atoms with E-state index in [-0.39, 0.29) is 11.9 Å². The highest BCUT2D eigenvalue weighted by Gasteiger charge is 2.45. The van der Waals surface area contributed by atoms with Gasteiger partial charge in [-0.2, -0.15) is 0 Å². The van der Waals surface area contributed by atoms with E-state index >= 15 is 0 Å². The van der Waals surface area contributed by atoms with Gasteiger partial charge in [-0.25, -0.2) is 4.98 Å². The summed E-state index contributed by atoms with van der Waals surface area (Å²) >= 11 is 7.61. The van der Waals surface area contributed by atoms with E-state index in [1.807, 2.05) is 43.5 Å². The second kappa shape index (κ2) is 5.89. The van der Waals surface area contributed by atoms with Gasteiger partial charge in [-0.3, -0.25) is 4.79 Å². The first kappa shape index (κ1) is 15.3. The minimum absolute atomic E-state index is 0.0355. The van der Waals surface area contributed by atoms with Crippen LogP contribution in [0.4, 0.5) is 10.8 Å². The van der Waals surface area contributed by atoms with Gasteiger partial charge >= 0.3 is 5.97 Å². The fourth-order valence-corrected chi connectivity index (χ4v) is 3.65. The SMILES string of the molecule is CC[C@H]1C[C@](C)(c2csc(Nc3ccccc3Cl)n2)OC1=O. The fraction of sp³-hybridized carbons (Fsp3) is 0.375. The van der Waals surface area contributed by atoms with Crippen molar-refractivity contribution in [2.45, 2.75) is 32.3 Å². The van der Waals surface area contributed by atoms with Crippen LogP contribution in [-0.4, -0.2) is 11.0 Å². The second-order valence-electron chi connectivity index (χ2n) is 5.60. The van der Waals surface area contributed by atoms with Gasteiger partial charge in [0, 0.05) is 11.8 Å². The number of benzene rings is 1. The summed E-state index contributed by atoms with van der Waals surface area (Å²) in [5.41, 5.74) is 0.968. The maximum Gasteiger partial charge on any atom is 0.310 e. The number of thiazole rings is 1. The molecule has 0 bridgehead atoms. The minimum Gasteiger partial charge on any atom is -0.453 e. The molecule has 1 aliphatic heterocycles. The number of anilines is 2. The highest BCUT2D eigenvalue weighted by atomic mass is 35.5. The number of carbonyl (C=O) groups is 1. The monoisotopic (exact) mass is 336 g/mol. The average Bonchev–Trinajstić information content (AvgIpc) is 3.07. The number of nitrogens with zero attached hydrogens (tertiary/aromatic N) is 1. The van der Waals surface area contributed by atoms with Crippen molar-refractivity contribution >= 4 is 39.7 Å². The molecule has 6 heteroatoms. The van der Waals surface area contributed by atoms with Crippen LogP contribution in [0.15, 0.2) is 29.6 Å². The number of carbonyl (C=O) groups excluding carboxylic acids is 1. The van der Waals surface area contributed by atoms with Crippen LogP contribution >= 0.6 is 22.9 Å². The quantitative estimate of drug-likeness (QED) is 0.820. The summed E-state index contributed by atoms with van der Waals surface area (Å²) in [7, 11) is 0. The van der Waals surface area contributed by atoms with Crippen molar-refractivity contribution in [3.63, 3.8) is 0 Å². The highest BCUT2D eigenvalue weighted by Crippen LogP contribution is 2.41. The van der Waals surface area contributed by atoms with E-state index in [2.05, 4.69) is 10.3 Å². The number of halogens is 1. The summed E-state index contributed by atoms with van der Waals surface area (Å²) in [6.07, 6.45) is 1.47. The van der Waals surface area contributed by atoms with Crippen molar-refractivity contribution in [1.82, 2.24) is 4.98 Å². The van der Waals surface area contributed by atoms with Crippen LogP contribution in [-0.2, 0) is 15.1 Å².